The zero-order chi connectivity index (χ0) is 20.1. The van der Waals surface area contributed by atoms with Crippen LogP contribution in [0.2, 0.25) is 0 Å². The molecule has 5 heteroatoms. The van der Waals surface area contributed by atoms with Crippen LogP contribution in [0.1, 0.15) is 22.5 Å². The molecule has 0 aliphatic heterocycles. The number of nitrogens with one attached hydrogen (secondary N) is 1. The smallest absolute Gasteiger partial charge is 0.266 e. The molecule has 0 atom stereocenters. The number of rotatable bonds is 4. The normalized spacial score (nSPS) is 10.8. The monoisotopic (exact) mass is 367 g/mol. The van der Waals surface area contributed by atoms with Gasteiger partial charge in [-0.1, -0.05) is 24.3 Å². The number of hydrogen-bond donors (Lipinski definition) is 1. The average Bonchev–Trinajstić information content (AvgIpc) is 3.18. The van der Waals surface area contributed by atoms with Gasteiger partial charge < -0.3 is 9.73 Å². The van der Waals surface area contributed by atoms with Gasteiger partial charge in [-0.2, -0.15) is 10.5 Å². The SMILES string of the molecule is Cc1cccc(NC(=O)/C(C#N)=C/c2ccc(-c3ccccc3C#N)o2)c1C. The van der Waals surface area contributed by atoms with Gasteiger partial charge in [-0.15, -0.1) is 0 Å². The molecule has 0 aliphatic rings. The highest BCUT2D eigenvalue weighted by atomic mass is 16.3. The summed E-state index contributed by atoms with van der Waals surface area (Å²) in [4.78, 5) is 12.5. The lowest BCUT2D eigenvalue weighted by atomic mass is 10.1. The second-order valence-corrected chi connectivity index (χ2v) is 6.23. The van der Waals surface area contributed by atoms with Crippen LogP contribution in [0.4, 0.5) is 5.69 Å². The summed E-state index contributed by atoms with van der Waals surface area (Å²) in [6.07, 6.45) is 1.39. The Bertz CT molecular complexity index is 1160. The fourth-order valence-electron chi connectivity index (χ4n) is 2.74. The maximum absolute atomic E-state index is 12.5. The van der Waals surface area contributed by atoms with E-state index in [1.165, 1.54) is 6.08 Å². The van der Waals surface area contributed by atoms with Crippen molar-refractivity contribution in [3.05, 3.63) is 82.6 Å². The molecular formula is C23H17N3O2. The van der Waals surface area contributed by atoms with Gasteiger partial charge in [0.2, 0.25) is 0 Å². The van der Waals surface area contributed by atoms with Crippen LogP contribution in [0.5, 0.6) is 0 Å². The molecule has 0 fully saturated rings. The standard InChI is InChI=1S/C23H17N3O2/c1-15-6-5-9-21(16(15)2)26-23(27)18(14-25)12-19-10-11-22(28-19)20-8-4-3-7-17(20)13-24/h3-12H,1-2H3,(H,26,27)/b18-12+. The van der Waals surface area contributed by atoms with Crippen LogP contribution in [0.25, 0.3) is 17.4 Å². The Kier molecular flexibility index (Phi) is 5.39. The van der Waals surface area contributed by atoms with E-state index in [9.17, 15) is 15.3 Å². The molecule has 3 aromatic rings. The molecule has 0 saturated carbocycles. The number of nitrogens with zero attached hydrogens (tertiary/aromatic N) is 2. The van der Waals surface area contributed by atoms with E-state index < -0.39 is 5.91 Å². The summed E-state index contributed by atoms with van der Waals surface area (Å²) in [7, 11) is 0. The van der Waals surface area contributed by atoms with E-state index in [4.69, 9.17) is 4.42 Å². The topological polar surface area (TPSA) is 89.8 Å². The largest absolute Gasteiger partial charge is 0.457 e. The van der Waals surface area contributed by atoms with E-state index in [2.05, 4.69) is 11.4 Å². The molecule has 1 heterocycles. The van der Waals surface area contributed by atoms with Crippen molar-refractivity contribution in [2.24, 2.45) is 0 Å². The minimum atomic E-state index is -0.508. The zero-order valence-corrected chi connectivity index (χ0v) is 15.5. The first-order valence-electron chi connectivity index (χ1n) is 8.62. The molecule has 0 spiro atoms. The fraction of sp³-hybridized carbons (Fsp3) is 0.0870. The van der Waals surface area contributed by atoms with E-state index in [-0.39, 0.29) is 5.57 Å². The maximum atomic E-state index is 12.5. The first-order valence-corrected chi connectivity index (χ1v) is 8.62. The summed E-state index contributed by atoms with van der Waals surface area (Å²) in [6, 6.07) is 20.1. The molecule has 3 rings (SSSR count). The molecule has 2 aromatic carbocycles. The third-order valence-electron chi connectivity index (χ3n) is 4.44. The second-order valence-electron chi connectivity index (χ2n) is 6.23. The number of amides is 1. The number of hydrogen-bond acceptors (Lipinski definition) is 4. The van der Waals surface area contributed by atoms with Crippen molar-refractivity contribution < 1.29 is 9.21 Å². The summed E-state index contributed by atoms with van der Waals surface area (Å²) in [5.41, 5.74) is 3.72. The number of anilines is 1. The Morgan fingerprint density at radius 2 is 1.82 bits per heavy atom. The molecule has 0 radical (unpaired) electrons. The van der Waals surface area contributed by atoms with Crippen LogP contribution in [-0.2, 0) is 4.79 Å². The molecular weight excluding hydrogens is 350 g/mol. The van der Waals surface area contributed by atoms with Crippen molar-refractivity contribution in [3.63, 3.8) is 0 Å². The lowest BCUT2D eigenvalue weighted by Crippen LogP contribution is -2.14. The quantitative estimate of drug-likeness (QED) is 0.520. The van der Waals surface area contributed by atoms with Crippen LogP contribution in [-0.4, -0.2) is 5.91 Å². The molecule has 1 amide bonds. The lowest BCUT2D eigenvalue weighted by Gasteiger charge is -2.09. The Labute approximate surface area is 163 Å². The number of nitriles is 2. The van der Waals surface area contributed by atoms with E-state index in [0.29, 0.717) is 28.3 Å². The highest BCUT2D eigenvalue weighted by Crippen LogP contribution is 2.26. The molecule has 1 aromatic heterocycles. The van der Waals surface area contributed by atoms with Crippen molar-refractivity contribution in [1.29, 1.82) is 10.5 Å². The third kappa shape index (κ3) is 3.85. The predicted octanol–water partition coefficient (Wildman–Crippen LogP) is 4.98. The van der Waals surface area contributed by atoms with Crippen LogP contribution in [0.15, 0.2) is 64.6 Å². The Morgan fingerprint density at radius 1 is 1.04 bits per heavy atom. The summed E-state index contributed by atoms with van der Waals surface area (Å²) in [6.45, 7) is 3.86. The van der Waals surface area contributed by atoms with Gasteiger partial charge >= 0.3 is 0 Å². The van der Waals surface area contributed by atoms with Gasteiger partial charge in [0.15, 0.2) is 0 Å². The molecule has 0 aliphatic carbocycles. The lowest BCUT2D eigenvalue weighted by molar-refractivity contribution is -0.112. The zero-order valence-electron chi connectivity index (χ0n) is 15.5. The average molecular weight is 367 g/mol. The minimum Gasteiger partial charge on any atom is -0.457 e. The summed E-state index contributed by atoms with van der Waals surface area (Å²) < 4.78 is 5.73. The third-order valence-corrected chi connectivity index (χ3v) is 4.44. The van der Waals surface area contributed by atoms with Gasteiger partial charge in [0.05, 0.1) is 11.6 Å². The van der Waals surface area contributed by atoms with Gasteiger partial charge in [0.1, 0.15) is 23.2 Å². The van der Waals surface area contributed by atoms with Crippen LogP contribution in [0, 0.1) is 36.5 Å². The first-order chi connectivity index (χ1) is 13.5. The van der Waals surface area contributed by atoms with Crippen LogP contribution < -0.4 is 5.32 Å². The minimum absolute atomic E-state index is 0.0737. The fourth-order valence-corrected chi connectivity index (χ4v) is 2.74. The molecule has 5 nitrogen and oxygen atoms in total. The Hall–Kier alpha value is -4.09. The Balaban J connectivity index is 1.87. The van der Waals surface area contributed by atoms with Gasteiger partial charge in [0, 0.05) is 17.3 Å². The van der Waals surface area contributed by atoms with Crippen molar-refractivity contribution in [2.75, 3.05) is 5.32 Å². The number of carbonyl (C=O) groups is 1. The molecule has 0 saturated heterocycles. The van der Waals surface area contributed by atoms with Gasteiger partial charge in [-0.3, -0.25) is 4.79 Å². The molecule has 1 N–H and O–H groups in total. The summed E-state index contributed by atoms with van der Waals surface area (Å²) in [5, 5.41) is 21.4. The van der Waals surface area contributed by atoms with Crippen LogP contribution in [0.3, 0.4) is 0 Å². The van der Waals surface area contributed by atoms with E-state index in [1.54, 1.807) is 36.4 Å². The number of carbonyl (C=O) groups excluding carboxylic acids is 1. The van der Waals surface area contributed by atoms with Crippen LogP contribution >= 0.6 is 0 Å². The van der Waals surface area contributed by atoms with E-state index in [1.807, 2.05) is 38.1 Å². The number of aryl methyl sites for hydroxylation is 1. The van der Waals surface area contributed by atoms with Gasteiger partial charge in [-0.25, -0.2) is 0 Å². The van der Waals surface area contributed by atoms with Crippen molar-refractivity contribution in [2.45, 2.75) is 13.8 Å². The van der Waals surface area contributed by atoms with Gasteiger partial charge in [-0.05, 0) is 55.3 Å². The highest BCUT2D eigenvalue weighted by molar-refractivity contribution is 6.09. The summed E-state index contributed by atoms with van der Waals surface area (Å²) in [5.74, 6) is 0.345. The first kappa shape index (κ1) is 18.7. The van der Waals surface area contributed by atoms with E-state index >= 15 is 0 Å². The maximum Gasteiger partial charge on any atom is 0.266 e. The number of furan rings is 1. The van der Waals surface area contributed by atoms with Crippen molar-refractivity contribution >= 4 is 17.7 Å². The highest BCUT2D eigenvalue weighted by Gasteiger charge is 2.14. The van der Waals surface area contributed by atoms with E-state index in [0.717, 1.165) is 11.1 Å². The number of benzene rings is 2. The molecule has 0 bridgehead atoms. The van der Waals surface area contributed by atoms with Crippen molar-refractivity contribution in [1.82, 2.24) is 0 Å². The summed E-state index contributed by atoms with van der Waals surface area (Å²) >= 11 is 0. The van der Waals surface area contributed by atoms with Crippen molar-refractivity contribution in [3.8, 4) is 23.5 Å². The van der Waals surface area contributed by atoms with Gasteiger partial charge in [0.25, 0.3) is 5.91 Å². The molecule has 0 unspecified atom stereocenters. The second kappa shape index (κ2) is 8.07. The molecule has 136 valence electrons. The Morgan fingerprint density at radius 3 is 2.57 bits per heavy atom. The molecule has 28 heavy (non-hydrogen) atoms. The predicted molar refractivity (Wildman–Crippen MR) is 107 cm³/mol.